The van der Waals surface area contributed by atoms with E-state index in [0.717, 1.165) is 42.5 Å². The van der Waals surface area contributed by atoms with Gasteiger partial charge in [0.05, 0.1) is 17.6 Å². The van der Waals surface area contributed by atoms with Crippen LogP contribution in [0.4, 0.5) is 10.1 Å². The van der Waals surface area contributed by atoms with Crippen molar-refractivity contribution in [2.24, 2.45) is 13.0 Å². The minimum Gasteiger partial charge on any atom is -0.323 e. The molecule has 4 nitrogen and oxygen atoms in total. The second-order valence-electron chi connectivity index (χ2n) is 6.01. The Morgan fingerprint density at radius 1 is 1.32 bits per heavy atom. The predicted molar refractivity (Wildman–Crippen MR) is 84.0 cm³/mol. The summed E-state index contributed by atoms with van der Waals surface area (Å²) in [4.78, 5) is 12.3. The van der Waals surface area contributed by atoms with Gasteiger partial charge in [0, 0.05) is 18.5 Å². The van der Waals surface area contributed by atoms with Crippen molar-refractivity contribution < 1.29 is 9.18 Å². The maximum atomic E-state index is 13.9. The fourth-order valence-electron chi connectivity index (χ4n) is 2.97. The van der Waals surface area contributed by atoms with Crippen molar-refractivity contribution in [3.8, 4) is 11.3 Å². The third kappa shape index (κ3) is 2.89. The Labute approximate surface area is 129 Å². The quantitative estimate of drug-likeness (QED) is 0.809. The first kappa shape index (κ1) is 14.8. The Morgan fingerprint density at radius 2 is 2.14 bits per heavy atom. The Bertz CT molecular complexity index is 708. The zero-order valence-corrected chi connectivity index (χ0v) is 12.9. The summed E-state index contributed by atoms with van der Waals surface area (Å²) in [5, 5.41) is 7.14. The second-order valence-corrected chi connectivity index (χ2v) is 6.01. The molecule has 1 atom stereocenters. The van der Waals surface area contributed by atoms with Crippen LogP contribution >= 0.6 is 0 Å². The van der Waals surface area contributed by atoms with Gasteiger partial charge < -0.3 is 5.32 Å². The molecule has 1 aliphatic heterocycles. The summed E-state index contributed by atoms with van der Waals surface area (Å²) in [6, 6.07) is 5.07. The van der Waals surface area contributed by atoms with Crippen LogP contribution in [0.25, 0.3) is 11.3 Å². The van der Waals surface area contributed by atoms with Crippen LogP contribution < -0.4 is 5.32 Å². The molecule has 2 bridgehead atoms. The molecule has 2 aromatic rings. The van der Waals surface area contributed by atoms with Crippen LogP contribution in [-0.4, -0.2) is 15.7 Å². The van der Waals surface area contributed by atoms with Gasteiger partial charge >= 0.3 is 0 Å². The van der Waals surface area contributed by atoms with Crippen LogP contribution in [0.1, 0.15) is 31.7 Å². The lowest BCUT2D eigenvalue weighted by Crippen LogP contribution is -2.20. The Hall–Kier alpha value is -2.17. The van der Waals surface area contributed by atoms with Crippen LogP contribution in [-0.2, 0) is 18.3 Å². The molecule has 0 spiro atoms. The van der Waals surface area contributed by atoms with Gasteiger partial charge in [0.2, 0.25) is 5.91 Å². The van der Waals surface area contributed by atoms with Gasteiger partial charge in [0.25, 0.3) is 0 Å². The highest BCUT2D eigenvalue weighted by atomic mass is 19.1. The number of aromatic nitrogens is 2. The zero-order chi connectivity index (χ0) is 15.7. The normalized spacial score (nSPS) is 18.9. The summed E-state index contributed by atoms with van der Waals surface area (Å²) >= 11 is 0. The molecule has 1 N–H and O–H groups in total. The molecule has 0 saturated carbocycles. The molecule has 5 heteroatoms. The monoisotopic (exact) mass is 301 g/mol. The number of hydrogen-bond acceptors (Lipinski definition) is 2. The Balaban J connectivity index is 2.11. The minimum atomic E-state index is -0.253. The lowest BCUT2D eigenvalue weighted by atomic mass is 9.97. The number of carbonyl (C=O) groups is 1. The van der Waals surface area contributed by atoms with E-state index in [-0.39, 0.29) is 17.6 Å². The molecular weight excluding hydrogens is 281 g/mol. The average Bonchev–Trinajstić information content (AvgIpc) is 2.82. The highest BCUT2D eigenvalue weighted by Crippen LogP contribution is 2.30. The lowest BCUT2D eigenvalue weighted by molar-refractivity contribution is -0.119. The second kappa shape index (κ2) is 5.91. The van der Waals surface area contributed by atoms with E-state index in [2.05, 4.69) is 10.4 Å². The third-order valence-corrected chi connectivity index (χ3v) is 4.23. The van der Waals surface area contributed by atoms with Crippen molar-refractivity contribution >= 4 is 11.6 Å². The number of anilines is 1. The van der Waals surface area contributed by atoms with E-state index >= 15 is 0 Å². The number of nitrogens with zero attached hydrogens (tertiary/aromatic N) is 2. The molecule has 116 valence electrons. The minimum absolute atomic E-state index is 0.00792. The standard InChI is InChI=1S/C17H20FN3O/c1-11-5-3-4-6-12-7-13(9-14(18)8-12)16-15(20-17(11)22)10-19-21(16)2/h7-11H,3-6H2,1-2H3,(H,20,22). The number of nitrogens with one attached hydrogen (secondary N) is 1. The maximum Gasteiger partial charge on any atom is 0.227 e. The number of rotatable bonds is 0. The van der Waals surface area contributed by atoms with E-state index in [1.807, 2.05) is 13.0 Å². The van der Waals surface area contributed by atoms with E-state index in [0.29, 0.717) is 5.69 Å². The van der Waals surface area contributed by atoms with Crippen molar-refractivity contribution in [3.63, 3.8) is 0 Å². The number of carbonyl (C=O) groups excluding carboxylic acids is 1. The van der Waals surface area contributed by atoms with Gasteiger partial charge in [-0.2, -0.15) is 5.10 Å². The van der Waals surface area contributed by atoms with Crippen LogP contribution in [0.3, 0.4) is 0 Å². The van der Waals surface area contributed by atoms with Gasteiger partial charge in [-0.25, -0.2) is 4.39 Å². The van der Waals surface area contributed by atoms with E-state index in [1.54, 1.807) is 24.0 Å². The number of fused-ring (bicyclic) bond motifs is 4. The molecule has 0 aliphatic carbocycles. The topological polar surface area (TPSA) is 46.9 Å². The molecule has 3 rings (SSSR count). The van der Waals surface area contributed by atoms with Gasteiger partial charge in [0.15, 0.2) is 0 Å². The number of halogens is 1. The summed E-state index contributed by atoms with van der Waals surface area (Å²) in [7, 11) is 1.80. The molecule has 0 saturated heterocycles. The smallest absolute Gasteiger partial charge is 0.227 e. The third-order valence-electron chi connectivity index (χ3n) is 4.23. The number of aryl methyl sites for hydroxylation is 2. The molecule has 1 unspecified atom stereocenters. The Morgan fingerprint density at radius 3 is 2.95 bits per heavy atom. The number of benzene rings is 1. The average molecular weight is 301 g/mol. The van der Waals surface area contributed by atoms with Gasteiger partial charge in [-0.3, -0.25) is 9.48 Å². The van der Waals surface area contributed by atoms with E-state index in [1.165, 1.54) is 6.07 Å². The highest BCUT2D eigenvalue weighted by Gasteiger charge is 2.19. The van der Waals surface area contributed by atoms with Gasteiger partial charge in [-0.1, -0.05) is 13.3 Å². The van der Waals surface area contributed by atoms with Crippen molar-refractivity contribution in [2.45, 2.75) is 32.6 Å². The van der Waals surface area contributed by atoms with Gasteiger partial charge in [-0.15, -0.1) is 0 Å². The molecule has 1 aromatic carbocycles. The van der Waals surface area contributed by atoms with Crippen LogP contribution in [0.5, 0.6) is 0 Å². The first-order chi connectivity index (χ1) is 10.5. The zero-order valence-electron chi connectivity index (χ0n) is 12.9. The van der Waals surface area contributed by atoms with E-state index < -0.39 is 0 Å². The van der Waals surface area contributed by atoms with Gasteiger partial charge in [0.1, 0.15) is 5.82 Å². The van der Waals surface area contributed by atoms with Crippen LogP contribution in [0, 0.1) is 11.7 Å². The van der Waals surface area contributed by atoms with Crippen molar-refractivity contribution in [3.05, 3.63) is 35.8 Å². The van der Waals surface area contributed by atoms with E-state index in [9.17, 15) is 9.18 Å². The summed E-state index contributed by atoms with van der Waals surface area (Å²) in [5.41, 5.74) is 3.11. The summed E-state index contributed by atoms with van der Waals surface area (Å²) in [6.45, 7) is 1.94. The number of hydrogen-bond donors (Lipinski definition) is 1. The SMILES string of the molecule is CC1CCCCc2cc(F)cc(c2)-c2c(cnn2C)NC1=O. The largest absolute Gasteiger partial charge is 0.323 e. The fraction of sp³-hybridized carbons (Fsp3) is 0.412. The van der Waals surface area contributed by atoms with Crippen molar-refractivity contribution in [1.29, 1.82) is 0 Å². The molecule has 0 fully saturated rings. The molecule has 1 aromatic heterocycles. The molecule has 0 radical (unpaired) electrons. The molecule has 2 heterocycles. The maximum absolute atomic E-state index is 13.9. The number of amides is 1. The summed E-state index contributed by atoms with van der Waals surface area (Å²) < 4.78 is 15.6. The van der Waals surface area contributed by atoms with Crippen LogP contribution in [0.15, 0.2) is 24.4 Å². The molecule has 22 heavy (non-hydrogen) atoms. The first-order valence-electron chi connectivity index (χ1n) is 7.67. The van der Waals surface area contributed by atoms with Gasteiger partial charge in [-0.05, 0) is 43.0 Å². The predicted octanol–water partition coefficient (Wildman–Crippen LogP) is 3.53. The lowest BCUT2D eigenvalue weighted by Gasteiger charge is -2.15. The Kier molecular flexibility index (Phi) is 3.96. The highest BCUT2D eigenvalue weighted by molar-refractivity contribution is 5.95. The molecular formula is C17H20FN3O. The fourth-order valence-corrected chi connectivity index (χ4v) is 2.97. The summed E-state index contributed by atoms with van der Waals surface area (Å²) in [6.07, 6.45) is 5.20. The van der Waals surface area contributed by atoms with E-state index in [4.69, 9.17) is 0 Å². The van der Waals surface area contributed by atoms with Crippen molar-refractivity contribution in [1.82, 2.24) is 9.78 Å². The first-order valence-corrected chi connectivity index (χ1v) is 7.67. The van der Waals surface area contributed by atoms with Crippen LogP contribution in [0.2, 0.25) is 0 Å². The summed E-state index contributed by atoms with van der Waals surface area (Å²) in [5.74, 6) is -0.301. The van der Waals surface area contributed by atoms with Crippen molar-refractivity contribution in [2.75, 3.05) is 5.32 Å². The molecule has 1 aliphatic rings. The molecule has 1 amide bonds.